The van der Waals surface area contributed by atoms with E-state index >= 15 is 0 Å². The second-order valence-corrected chi connectivity index (χ2v) is 6.21. The summed E-state index contributed by atoms with van der Waals surface area (Å²) in [4.78, 5) is 6.42. The van der Waals surface area contributed by atoms with E-state index in [-0.39, 0.29) is 28.8 Å². The van der Waals surface area contributed by atoms with E-state index in [0.717, 1.165) is 24.8 Å². The van der Waals surface area contributed by atoms with Crippen molar-refractivity contribution in [2.45, 2.75) is 18.9 Å². The molecule has 0 radical (unpaired) electrons. The topological polar surface area (TPSA) is 86.2 Å². The van der Waals surface area contributed by atoms with Gasteiger partial charge in [0.15, 0.2) is 0 Å². The summed E-state index contributed by atoms with van der Waals surface area (Å²) in [5, 5.41) is 6.20. The van der Waals surface area contributed by atoms with E-state index in [0.29, 0.717) is 12.1 Å². The lowest BCUT2D eigenvalue weighted by Crippen LogP contribution is -2.41. The van der Waals surface area contributed by atoms with Crippen molar-refractivity contribution >= 4 is 17.2 Å². The van der Waals surface area contributed by atoms with Crippen LogP contribution in [0, 0.1) is 0 Å². The molecule has 1 atom stereocenters. The number of rotatable bonds is 5. The number of hydrogen-bond donors (Lipinski definition) is 2. The minimum absolute atomic E-state index is 0.142. The smallest absolute Gasteiger partial charge is 0.406 e. The van der Waals surface area contributed by atoms with Crippen LogP contribution in [-0.4, -0.2) is 43.4 Å². The molecule has 1 fully saturated rings. The second-order valence-electron chi connectivity index (χ2n) is 6.21. The van der Waals surface area contributed by atoms with Crippen LogP contribution in [0.1, 0.15) is 17.5 Å². The maximum absolute atomic E-state index is 12.5. The normalized spacial score (nSPS) is 17.2. The van der Waals surface area contributed by atoms with E-state index in [4.69, 9.17) is 15.9 Å². The molecule has 4 N–H and O–H groups in total. The van der Waals surface area contributed by atoms with Crippen molar-refractivity contribution in [3.63, 3.8) is 0 Å². The highest BCUT2D eigenvalue weighted by molar-refractivity contribution is 6.12. The van der Waals surface area contributed by atoms with Crippen LogP contribution in [0.3, 0.4) is 0 Å². The van der Waals surface area contributed by atoms with Gasteiger partial charge in [-0.05, 0) is 36.8 Å². The third-order valence-corrected chi connectivity index (χ3v) is 4.41. The summed E-state index contributed by atoms with van der Waals surface area (Å²) < 4.78 is 46.7. The lowest BCUT2D eigenvalue weighted by Gasteiger charge is -2.17. The van der Waals surface area contributed by atoms with E-state index in [1.807, 2.05) is 0 Å². The van der Waals surface area contributed by atoms with Gasteiger partial charge in [0.05, 0.1) is 17.2 Å². The summed E-state index contributed by atoms with van der Waals surface area (Å²) in [7, 11) is 1.67. The molecule has 1 aromatic heterocycles. The molecule has 0 bridgehead atoms. The van der Waals surface area contributed by atoms with Gasteiger partial charge in [0.25, 0.3) is 0 Å². The Labute approximate surface area is 154 Å². The fourth-order valence-corrected chi connectivity index (χ4v) is 3.01. The number of nitrogens with zero attached hydrogens (tertiary/aromatic N) is 2. The monoisotopic (exact) mass is 381 g/mol. The standard InChI is InChI=1S/C18H19F3N4O2/c1-26-13-5-7-25(10-13)16-8-11(4-6-24-16)17(23)14-9-12(2-3-15(14)22)27-18(19,20)21/h2-4,6,8-9,13,23H,5,7,10,22H2,1H3/p+1/t13-/m1/s1. The molecule has 27 heavy (non-hydrogen) atoms. The van der Waals surface area contributed by atoms with E-state index in [9.17, 15) is 13.2 Å². The third-order valence-electron chi connectivity index (χ3n) is 4.41. The lowest BCUT2D eigenvalue weighted by atomic mass is 10.0. The Balaban J connectivity index is 1.86. The van der Waals surface area contributed by atoms with Gasteiger partial charge in [-0.15, -0.1) is 13.2 Å². The van der Waals surface area contributed by atoms with Gasteiger partial charge in [-0.3, -0.25) is 5.41 Å². The SMILES string of the molecule is CO[C@@H]1CCN(c2cc(C(=[NH2+])c3cc(OC(F)(F)F)ccc3N)ccn2)C1. The maximum Gasteiger partial charge on any atom is 0.573 e. The number of alkyl halides is 3. The Hall–Kier alpha value is -2.81. The van der Waals surface area contributed by atoms with Gasteiger partial charge in [-0.1, -0.05) is 0 Å². The van der Waals surface area contributed by atoms with Crippen LogP contribution in [0.4, 0.5) is 24.7 Å². The molecule has 144 valence electrons. The maximum atomic E-state index is 12.5. The van der Waals surface area contributed by atoms with Crippen molar-refractivity contribution in [3.8, 4) is 5.75 Å². The highest BCUT2D eigenvalue weighted by atomic mass is 19.4. The molecule has 0 unspecified atom stereocenters. The number of aromatic nitrogens is 1. The lowest BCUT2D eigenvalue weighted by molar-refractivity contribution is -0.274. The van der Waals surface area contributed by atoms with Gasteiger partial charge in [0, 0.05) is 32.1 Å². The molecule has 9 heteroatoms. The molecule has 3 rings (SSSR count). The van der Waals surface area contributed by atoms with Crippen LogP contribution >= 0.6 is 0 Å². The van der Waals surface area contributed by atoms with Gasteiger partial charge in [-0.2, -0.15) is 0 Å². The second kappa shape index (κ2) is 7.43. The van der Waals surface area contributed by atoms with Crippen molar-refractivity contribution < 1.29 is 28.1 Å². The predicted molar refractivity (Wildman–Crippen MR) is 94.5 cm³/mol. The molecule has 1 aliphatic heterocycles. The highest BCUT2D eigenvalue weighted by Gasteiger charge is 2.31. The Kier molecular flexibility index (Phi) is 5.22. The first-order valence-corrected chi connectivity index (χ1v) is 8.29. The Morgan fingerprint density at radius 1 is 1.30 bits per heavy atom. The fraction of sp³-hybridized carbons (Fsp3) is 0.333. The molecule has 1 aliphatic rings. The first-order chi connectivity index (χ1) is 12.8. The van der Waals surface area contributed by atoms with Gasteiger partial charge < -0.3 is 20.1 Å². The summed E-state index contributed by atoms with van der Waals surface area (Å²) >= 11 is 0. The third kappa shape index (κ3) is 4.48. The summed E-state index contributed by atoms with van der Waals surface area (Å²) in [5.41, 5.74) is 7.28. The quantitative estimate of drug-likeness (QED) is 0.604. The summed E-state index contributed by atoms with van der Waals surface area (Å²) in [6.07, 6.45) is -2.15. The number of nitrogens with two attached hydrogens (primary N) is 2. The van der Waals surface area contributed by atoms with Gasteiger partial charge in [0.1, 0.15) is 11.6 Å². The molecule has 2 aromatic rings. The van der Waals surface area contributed by atoms with Crippen molar-refractivity contribution in [3.05, 3.63) is 47.7 Å². The van der Waals surface area contributed by atoms with E-state index in [2.05, 4.69) is 14.6 Å². The number of pyridine rings is 1. The fourth-order valence-electron chi connectivity index (χ4n) is 3.01. The highest BCUT2D eigenvalue weighted by Crippen LogP contribution is 2.28. The molecule has 6 nitrogen and oxygen atoms in total. The number of methoxy groups -OCH3 is 1. The minimum Gasteiger partial charge on any atom is -0.406 e. The molecular formula is C18H20F3N4O2+. The Morgan fingerprint density at radius 3 is 2.74 bits per heavy atom. The zero-order chi connectivity index (χ0) is 19.6. The van der Waals surface area contributed by atoms with Crippen molar-refractivity contribution in [2.24, 2.45) is 0 Å². The summed E-state index contributed by atoms with van der Waals surface area (Å²) in [6, 6.07) is 7.11. The first kappa shape index (κ1) is 19.0. The molecule has 0 aliphatic carbocycles. The van der Waals surface area contributed by atoms with E-state index in [1.54, 1.807) is 25.4 Å². The van der Waals surface area contributed by atoms with Crippen LogP contribution in [0.15, 0.2) is 36.5 Å². The first-order valence-electron chi connectivity index (χ1n) is 8.29. The average Bonchev–Trinajstić information content (AvgIpc) is 3.11. The van der Waals surface area contributed by atoms with Crippen molar-refractivity contribution in [2.75, 3.05) is 30.8 Å². The number of benzene rings is 1. The number of ether oxygens (including phenoxy) is 2. The van der Waals surface area contributed by atoms with Crippen LogP contribution < -0.4 is 20.8 Å². The van der Waals surface area contributed by atoms with Crippen LogP contribution in [0.25, 0.3) is 0 Å². The van der Waals surface area contributed by atoms with Gasteiger partial charge in [-0.25, -0.2) is 4.98 Å². The Morgan fingerprint density at radius 2 is 2.07 bits per heavy atom. The molecule has 1 saturated heterocycles. The summed E-state index contributed by atoms with van der Waals surface area (Å²) in [6.45, 7) is 1.51. The van der Waals surface area contributed by atoms with Crippen LogP contribution in [-0.2, 0) is 4.74 Å². The van der Waals surface area contributed by atoms with Crippen molar-refractivity contribution in [1.29, 1.82) is 0 Å². The molecular weight excluding hydrogens is 361 g/mol. The van der Waals surface area contributed by atoms with E-state index in [1.165, 1.54) is 12.1 Å². The number of hydrogen-bond acceptors (Lipinski definition) is 5. The zero-order valence-electron chi connectivity index (χ0n) is 14.7. The minimum atomic E-state index is -4.79. The molecule has 0 amide bonds. The zero-order valence-corrected chi connectivity index (χ0v) is 14.7. The summed E-state index contributed by atoms with van der Waals surface area (Å²) in [5.74, 6) is 0.336. The largest absolute Gasteiger partial charge is 0.573 e. The molecule has 1 aromatic carbocycles. The molecule has 0 saturated carbocycles. The van der Waals surface area contributed by atoms with E-state index < -0.39 is 6.36 Å². The van der Waals surface area contributed by atoms with Crippen LogP contribution in [0.2, 0.25) is 0 Å². The number of nitrogen functional groups attached to an aromatic ring is 1. The number of halogens is 3. The van der Waals surface area contributed by atoms with Crippen LogP contribution in [0.5, 0.6) is 5.75 Å². The van der Waals surface area contributed by atoms with Gasteiger partial charge >= 0.3 is 6.36 Å². The van der Waals surface area contributed by atoms with Crippen molar-refractivity contribution in [1.82, 2.24) is 4.98 Å². The number of anilines is 2. The molecule has 2 heterocycles. The average molecular weight is 381 g/mol. The Bertz CT molecular complexity index is 842. The van der Waals surface area contributed by atoms with Gasteiger partial charge in [0.2, 0.25) is 5.71 Å². The molecule has 0 spiro atoms. The predicted octanol–water partition coefficient (Wildman–Crippen LogP) is 1.38.